The summed E-state index contributed by atoms with van der Waals surface area (Å²) in [6.45, 7) is 9.94. The van der Waals surface area contributed by atoms with Gasteiger partial charge < -0.3 is 10.6 Å². The fourth-order valence-corrected chi connectivity index (χ4v) is 2.46. The molecular weight excluding hydrogens is 411 g/mol. The molecule has 1 rings (SSSR count). The highest BCUT2D eigenvalue weighted by atomic mass is 127. The summed E-state index contributed by atoms with van der Waals surface area (Å²) in [7, 11) is -0.855. The van der Waals surface area contributed by atoms with Gasteiger partial charge in [0.15, 0.2) is 5.96 Å². The maximum Gasteiger partial charge on any atom is 0.191 e. The van der Waals surface area contributed by atoms with Gasteiger partial charge in [0, 0.05) is 40.6 Å². The highest BCUT2D eigenvalue weighted by Crippen LogP contribution is 2.10. The smallest absolute Gasteiger partial charge is 0.191 e. The molecule has 0 bridgehead atoms. The van der Waals surface area contributed by atoms with Crippen molar-refractivity contribution in [2.24, 2.45) is 4.99 Å². The predicted octanol–water partition coefficient (Wildman–Crippen LogP) is 2.30. The van der Waals surface area contributed by atoms with E-state index in [0.29, 0.717) is 18.8 Å². The van der Waals surface area contributed by atoms with Crippen LogP contribution in [-0.2, 0) is 17.3 Å². The summed E-state index contributed by atoms with van der Waals surface area (Å²) in [6.07, 6.45) is 1.76. The van der Waals surface area contributed by atoms with Crippen LogP contribution >= 0.6 is 24.0 Å². The van der Waals surface area contributed by atoms with E-state index in [1.54, 1.807) is 6.20 Å². The Labute approximate surface area is 153 Å². The van der Waals surface area contributed by atoms with Gasteiger partial charge in [-0.3, -0.25) is 9.19 Å². The summed E-state index contributed by atoms with van der Waals surface area (Å²) in [4.78, 5) is 8.72. The van der Waals surface area contributed by atoms with Crippen LogP contribution in [0.15, 0.2) is 29.4 Å². The van der Waals surface area contributed by atoms with Gasteiger partial charge in [-0.05, 0) is 39.8 Å². The Morgan fingerprint density at radius 2 is 2.05 bits per heavy atom. The number of pyridine rings is 1. The first-order valence-electron chi connectivity index (χ1n) is 7.24. The molecule has 2 N–H and O–H groups in total. The maximum absolute atomic E-state index is 12.0. The van der Waals surface area contributed by atoms with Gasteiger partial charge in [-0.2, -0.15) is 0 Å². The van der Waals surface area contributed by atoms with Crippen molar-refractivity contribution in [3.8, 4) is 0 Å². The monoisotopic (exact) mass is 438 g/mol. The zero-order valence-corrected chi connectivity index (χ0v) is 16.9. The third kappa shape index (κ3) is 8.67. The standard InChI is InChI=1S/C15H26N4OS.HI/c1-5-16-14(18-10-11-21(20)15(2,3)4)19-12-13-8-6-7-9-17-13;/h6-9H,5,10-12H2,1-4H3,(H2,16,18,19);1H. The van der Waals surface area contributed by atoms with E-state index in [1.807, 2.05) is 45.9 Å². The van der Waals surface area contributed by atoms with Crippen molar-refractivity contribution >= 4 is 40.7 Å². The van der Waals surface area contributed by atoms with Crippen LogP contribution in [0, 0.1) is 0 Å². The topological polar surface area (TPSA) is 66.4 Å². The van der Waals surface area contributed by atoms with Crippen molar-refractivity contribution < 1.29 is 4.21 Å². The molecule has 0 radical (unpaired) electrons. The molecule has 0 saturated carbocycles. The van der Waals surface area contributed by atoms with E-state index in [4.69, 9.17) is 0 Å². The molecule has 0 amide bonds. The lowest BCUT2D eigenvalue weighted by molar-refractivity contribution is 0.647. The molecule has 1 heterocycles. The van der Waals surface area contributed by atoms with E-state index in [9.17, 15) is 4.21 Å². The molecule has 5 nitrogen and oxygen atoms in total. The van der Waals surface area contributed by atoms with Crippen LogP contribution in [0.1, 0.15) is 33.4 Å². The Balaban J connectivity index is 0.00000441. The van der Waals surface area contributed by atoms with Crippen molar-refractivity contribution in [1.82, 2.24) is 15.6 Å². The Morgan fingerprint density at radius 1 is 1.32 bits per heavy atom. The number of rotatable bonds is 6. The minimum Gasteiger partial charge on any atom is -0.357 e. The van der Waals surface area contributed by atoms with Crippen LogP contribution in [0.5, 0.6) is 0 Å². The fraction of sp³-hybridized carbons (Fsp3) is 0.600. The van der Waals surface area contributed by atoms with E-state index >= 15 is 0 Å². The van der Waals surface area contributed by atoms with Gasteiger partial charge in [0.1, 0.15) is 0 Å². The van der Waals surface area contributed by atoms with Crippen molar-refractivity contribution in [3.63, 3.8) is 0 Å². The molecule has 1 aromatic rings. The summed E-state index contributed by atoms with van der Waals surface area (Å²) in [5.41, 5.74) is 0.924. The molecule has 1 aromatic heterocycles. The number of nitrogens with zero attached hydrogens (tertiary/aromatic N) is 2. The van der Waals surface area contributed by atoms with Crippen molar-refractivity contribution in [2.45, 2.75) is 39.0 Å². The van der Waals surface area contributed by atoms with E-state index in [0.717, 1.165) is 18.2 Å². The Bertz CT molecular complexity index is 474. The Hall–Kier alpha value is -0.700. The number of hydrogen-bond donors (Lipinski definition) is 2. The summed E-state index contributed by atoms with van der Waals surface area (Å²) < 4.78 is 11.8. The summed E-state index contributed by atoms with van der Waals surface area (Å²) >= 11 is 0. The summed E-state index contributed by atoms with van der Waals surface area (Å²) in [5.74, 6) is 1.34. The maximum atomic E-state index is 12.0. The predicted molar refractivity (Wildman–Crippen MR) is 105 cm³/mol. The van der Waals surface area contributed by atoms with Gasteiger partial charge >= 0.3 is 0 Å². The average Bonchev–Trinajstić information content (AvgIpc) is 2.44. The Morgan fingerprint density at radius 3 is 2.59 bits per heavy atom. The highest BCUT2D eigenvalue weighted by molar-refractivity contribution is 14.0. The lowest BCUT2D eigenvalue weighted by atomic mass is 10.3. The molecule has 0 fully saturated rings. The second kappa shape index (κ2) is 10.9. The van der Waals surface area contributed by atoms with Gasteiger partial charge in [-0.25, -0.2) is 4.99 Å². The fourth-order valence-electron chi connectivity index (χ4n) is 1.56. The number of guanidine groups is 1. The second-order valence-corrected chi connectivity index (χ2v) is 7.93. The molecule has 0 spiro atoms. The Kier molecular flexibility index (Phi) is 10.6. The molecule has 0 aliphatic carbocycles. The molecule has 0 aromatic carbocycles. The SMILES string of the molecule is CCNC(=NCc1ccccn1)NCCS(=O)C(C)(C)C.I. The first-order valence-corrected chi connectivity index (χ1v) is 8.56. The first kappa shape index (κ1) is 21.3. The largest absolute Gasteiger partial charge is 0.357 e. The van der Waals surface area contributed by atoms with Crippen LogP contribution in [0.3, 0.4) is 0 Å². The van der Waals surface area contributed by atoms with Gasteiger partial charge in [0.2, 0.25) is 0 Å². The minimum absolute atomic E-state index is 0. The third-order valence-corrected chi connectivity index (χ3v) is 4.67. The summed E-state index contributed by atoms with van der Waals surface area (Å²) in [5, 5.41) is 6.39. The van der Waals surface area contributed by atoms with Crippen molar-refractivity contribution in [2.75, 3.05) is 18.8 Å². The molecule has 0 aliphatic rings. The molecular formula is C15H27IN4OS. The van der Waals surface area contributed by atoms with E-state index in [2.05, 4.69) is 20.6 Å². The lowest BCUT2D eigenvalue weighted by Crippen LogP contribution is -2.40. The van der Waals surface area contributed by atoms with Gasteiger partial charge in [-0.1, -0.05) is 6.07 Å². The van der Waals surface area contributed by atoms with Crippen LogP contribution in [-0.4, -0.2) is 38.7 Å². The second-order valence-electron chi connectivity index (χ2n) is 5.61. The zero-order valence-electron chi connectivity index (χ0n) is 13.8. The molecule has 0 saturated heterocycles. The number of aliphatic imine (C=N–C) groups is 1. The molecule has 0 aliphatic heterocycles. The molecule has 22 heavy (non-hydrogen) atoms. The van der Waals surface area contributed by atoms with Crippen LogP contribution in [0.2, 0.25) is 0 Å². The van der Waals surface area contributed by atoms with Crippen molar-refractivity contribution in [3.05, 3.63) is 30.1 Å². The number of halogens is 1. The molecule has 1 atom stereocenters. The highest BCUT2D eigenvalue weighted by Gasteiger charge is 2.18. The van der Waals surface area contributed by atoms with Crippen LogP contribution in [0.25, 0.3) is 0 Å². The molecule has 7 heteroatoms. The number of hydrogen-bond acceptors (Lipinski definition) is 3. The normalized spacial score (nSPS) is 13.2. The van der Waals surface area contributed by atoms with Gasteiger partial charge in [-0.15, -0.1) is 24.0 Å². The summed E-state index contributed by atoms with van der Waals surface area (Å²) in [6, 6.07) is 5.78. The minimum atomic E-state index is -0.855. The molecule has 126 valence electrons. The zero-order chi connectivity index (χ0) is 15.7. The molecule has 1 unspecified atom stereocenters. The van der Waals surface area contributed by atoms with Crippen LogP contribution < -0.4 is 10.6 Å². The van der Waals surface area contributed by atoms with Gasteiger partial charge in [0.05, 0.1) is 12.2 Å². The van der Waals surface area contributed by atoms with Crippen molar-refractivity contribution in [1.29, 1.82) is 0 Å². The van der Waals surface area contributed by atoms with E-state index in [1.165, 1.54) is 0 Å². The third-order valence-electron chi connectivity index (χ3n) is 2.73. The van der Waals surface area contributed by atoms with E-state index < -0.39 is 10.8 Å². The quantitative estimate of drug-likeness (QED) is 0.407. The van der Waals surface area contributed by atoms with Gasteiger partial charge in [0.25, 0.3) is 0 Å². The first-order chi connectivity index (χ1) is 9.93. The number of aromatic nitrogens is 1. The van der Waals surface area contributed by atoms with Crippen LogP contribution in [0.4, 0.5) is 0 Å². The van der Waals surface area contributed by atoms with E-state index in [-0.39, 0.29) is 28.7 Å². The average molecular weight is 438 g/mol. The number of nitrogens with one attached hydrogen (secondary N) is 2. The lowest BCUT2D eigenvalue weighted by Gasteiger charge is -2.18.